The molecule has 1 aromatic carbocycles. The number of hydrogen-bond donors (Lipinski definition) is 1. The Balaban J connectivity index is 1.37. The Morgan fingerprint density at radius 3 is 2.51 bits per heavy atom. The average molecular weight is 478 g/mol. The normalized spacial score (nSPS) is 11.9. The smallest absolute Gasteiger partial charge is 0.195 e. The molecule has 35 heavy (non-hydrogen) atoms. The van der Waals surface area contributed by atoms with Crippen molar-refractivity contribution in [2.75, 3.05) is 19.6 Å². The summed E-state index contributed by atoms with van der Waals surface area (Å²) in [7, 11) is 2.03. The Morgan fingerprint density at radius 1 is 0.943 bits per heavy atom. The Labute approximate surface area is 208 Å². The van der Waals surface area contributed by atoms with Crippen molar-refractivity contribution in [3.8, 4) is 0 Å². The van der Waals surface area contributed by atoms with E-state index in [0.29, 0.717) is 0 Å². The molecule has 0 aliphatic heterocycles. The second kappa shape index (κ2) is 12.7. The molecule has 0 amide bonds. The molecule has 1 N–H and O–H groups in total. The molecule has 8 nitrogen and oxygen atoms in total. The summed E-state index contributed by atoms with van der Waals surface area (Å²) in [5.74, 6) is 2.81. The number of benzene rings is 1. The summed E-state index contributed by atoms with van der Waals surface area (Å²) in [6.45, 7) is 10.3. The summed E-state index contributed by atoms with van der Waals surface area (Å²) in [6.07, 6.45) is 13.1. The molecule has 0 radical (unpaired) electrons. The van der Waals surface area contributed by atoms with Gasteiger partial charge in [0.1, 0.15) is 17.2 Å². The van der Waals surface area contributed by atoms with Crippen LogP contribution in [-0.4, -0.2) is 53.9 Å². The van der Waals surface area contributed by atoms with Crippen molar-refractivity contribution in [1.29, 1.82) is 0 Å². The number of hydrogen-bond acceptors (Lipinski definition) is 6. The zero-order chi connectivity index (χ0) is 24.5. The maximum absolute atomic E-state index is 6.05. The monoisotopic (exact) mass is 477 g/mol. The number of oxazole rings is 1. The third-order valence-corrected chi connectivity index (χ3v) is 6.31. The van der Waals surface area contributed by atoms with Crippen LogP contribution in [0.1, 0.15) is 62.6 Å². The van der Waals surface area contributed by atoms with E-state index in [1.807, 2.05) is 25.6 Å². The molecule has 0 bridgehead atoms. The number of aromatic nitrogens is 5. The van der Waals surface area contributed by atoms with Crippen LogP contribution in [0.5, 0.6) is 0 Å². The molecule has 0 aliphatic rings. The molecule has 188 valence electrons. The van der Waals surface area contributed by atoms with Gasteiger partial charge in [-0.05, 0) is 63.0 Å². The standard InChI is InChI=1S/C27H39N7O/c1-4-14-33(15-5-2)16-7-6-8-27-31-23-18-22(9-10-24(23)35-27)19-34(20-25-28-11-12-29-25)21-26-30-13-17-32(26)3/h9-13,17-18H,4-8,14-16,19-21H2,1-3H3,(H,28,29). The summed E-state index contributed by atoms with van der Waals surface area (Å²) in [4.78, 5) is 21.8. The molecule has 0 unspecified atom stereocenters. The fourth-order valence-corrected chi connectivity index (χ4v) is 4.58. The first-order valence-corrected chi connectivity index (χ1v) is 12.9. The summed E-state index contributed by atoms with van der Waals surface area (Å²) in [5, 5.41) is 0. The molecule has 3 aromatic heterocycles. The summed E-state index contributed by atoms with van der Waals surface area (Å²) < 4.78 is 8.11. The molecular weight excluding hydrogens is 438 g/mol. The molecule has 0 aliphatic carbocycles. The van der Waals surface area contributed by atoms with Gasteiger partial charge in [0.05, 0.1) is 13.1 Å². The number of imidazole rings is 2. The first-order chi connectivity index (χ1) is 17.1. The van der Waals surface area contributed by atoms with Crippen LogP contribution >= 0.6 is 0 Å². The lowest BCUT2D eigenvalue weighted by molar-refractivity contribution is 0.233. The van der Waals surface area contributed by atoms with Gasteiger partial charge in [-0.2, -0.15) is 0 Å². The zero-order valence-electron chi connectivity index (χ0n) is 21.4. The Hall–Kier alpha value is -2.97. The topological polar surface area (TPSA) is 79.0 Å². The van der Waals surface area contributed by atoms with Gasteiger partial charge in [-0.25, -0.2) is 15.0 Å². The maximum Gasteiger partial charge on any atom is 0.195 e. The van der Waals surface area contributed by atoms with Gasteiger partial charge >= 0.3 is 0 Å². The molecule has 0 spiro atoms. The van der Waals surface area contributed by atoms with Crippen LogP contribution in [0.3, 0.4) is 0 Å². The van der Waals surface area contributed by atoms with Crippen molar-refractivity contribution in [2.24, 2.45) is 7.05 Å². The predicted octanol–water partition coefficient (Wildman–Crippen LogP) is 4.93. The molecular formula is C27H39N7O. The van der Waals surface area contributed by atoms with E-state index in [0.717, 1.165) is 67.7 Å². The number of fused-ring (bicyclic) bond motifs is 1. The van der Waals surface area contributed by atoms with E-state index >= 15 is 0 Å². The molecule has 0 fully saturated rings. The van der Waals surface area contributed by atoms with E-state index in [-0.39, 0.29) is 0 Å². The minimum Gasteiger partial charge on any atom is -0.441 e. The number of nitrogens with zero attached hydrogens (tertiary/aromatic N) is 6. The van der Waals surface area contributed by atoms with Gasteiger partial charge in [-0.1, -0.05) is 19.9 Å². The highest BCUT2D eigenvalue weighted by Crippen LogP contribution is 2.20. The lowest BCUT2D eigenvalue weighted by Crippen LogP contribution is -2.26. The highest BCUT2D eigenvalue weighted by atomic mass is 16.3. The molecule has 3 heterocycles. The fraction of sp³-hybridized carbons (Fsp3) is 0.519. The predicted molar refractivity (Wildman–Crippen MR) is 139 cm³/mol. The minimum atomic E-state index is 0.717. The quantitative estimate of drug-likeness (QED) is 0.245. The second-order valence-corrected chi connectivity index (χ2v) is 9.34. The summed E-state index contributed by atoms with van der Waals surface area (Å²) >= 11 is 0. The first kappa shape index (κ1) is 25.1. The van der Waals surface area contributed by atoms with Crippen molar-refractivity contribution in [1.82, 2.24) is 34.3 Å². The van der Waals surface area contributed by atoms with E-state index in [1.165, 1.54) is 37.9 Å². The molecule has 4 aromatic rings. The summed E-state index contributed by atoms with van der Waals surface area (Å²) in [5.41, 5.74) is 3.00. The molecule has 8 heteroatoms. The second-order valence-electron chi connectivity index (χ2n) is 9.34. The number of aryl methyl sites for hydroxylation is 2. The van der Waals surface area contributed by atoms with Crippen LogP contribution in [0.15, 0.2) is 47.4 Å². The van der Waals surface area contributed by atoms with Crippen LogP contribution in [-0.2, 0) is 33.1 Å². The van der Waals surface area contributed by atoms with Gasteiger partial charge in [-0.15, -0.1) is 0 Å². The van der Waals surface area contributed by atoms with Gasteiger partial charge in [-0.3, -0.25) is 4.90 Å². The Bertz CT molecular complexity index is 1140. The zero-order valence-corrected chi connectivity index (χ0v) is 21.4. The van der Waals surface area contributed by atoms with E-state index in [2.05, 4.69) is 61.4 Å². The highest BCUT2D eigenvalue weighted by Gasteiger charge is 2.14. The van der Waals surface area contributed by atoms with E-state index in [1.54, 1.807) is 6.20 Å². The third-order valence-electron chi connectivity index (χ3n) is 6.31. The van der Waals surface area contributed by atoms with E-state index < -0.39 is 0 Å². The van der Waals surface area contributed by atoms with Gasteiger partial charge in [0.25, 0.3) is 0 Å². The van der Waals surface area contributed by atoms with Crippen molar-refractivity contribution < 1.29 is 4.42 Å². The van der Waals surface area contributed by atoms with Crippen molar-refractivity contribution in [2.45, 2.75) is 65.6 Å². The number of aromatic amines is 1. The van der Waals surface area contributed by atoms with Gasteiger partial charge in [0.2, 0.25) is 0 Å². The number of unbranched alkanes of at least 4 members (excludes halogenated alkanes) is 1. The van der Waals surface area contributed by atoms with E-state index in [9.17, 15) is 0 Å². The first-order valence-electron chi connectivity index (χ1n) is 12.9. The fourth-order valence-electron chi connectivity index (χ4n) is 4.58. The van der Waals surface area contributed by atoms with Crippen LogP contribution in [0, 0.1) is 0 Å². The maximum atomic E-state index is 6.05. The molecule has 0 atom stereocenters. The Morgan fingerprint density at radius 2 is 1.80 bits per heavy atom. The number of H-pyrrole nitrogens is 1. The molecule has 0 saturated heterocycles. The summed E-state index contributed by atoms with van der Waals surface area (Å²) in [6, 6.07) is 6.34. The minimum absolute atomic E-state index is 0.717. The van der Waals surface area contributed by atoms with Crippen molar-refractivity contribution in [3.63, 3.8) is 0 Å². The van der Waals surface area contributed by atoms with Gasteiger partial charge < -0.3 is 18.9 Å². The van der Waals surface area contributed by atoms with Crippen molar-refractivity contribution in [3.05, 3.63) is 66.1 Å². The van der Waals surface area contributed by atoms with Crippen LogP contribution in [0.2, 0.25) is 0 Å². The van der Waals surface area contributed by atoms with Gasteiger partial charge in [0, 0.05) is 44.8 Å². The number of nitrogens with one attached hydrogen (secondary N) is 1. The third kappa shape index (κ3) is 7.26. The number of rotatable bonds is 15. The lowest BCUT2D eigenvalue weighted by Gasteiger charge is -2.21. The van der Waals surface area contributed by atoms with E-state index in [4.69, 9.17) is 9.40 Å². The van der Waals surface area contributed by atoms with Crippen LogP contribution in [0.25, 0.3) is 11.1 Å². The largest absolute Gasteiger partial charge is 0.441 e. The SMILES string of the molecule is CCCN(CCC)CCCCc1nc2cc(CN(Cc3ncc[nH]3)Cc3nccn3C)ccc2o1. The Kier molecular flexibility index (Phi) is 9.08. The molecule has 4 rings (SSSR count). The average Bonchev–Trinajstić information content (AvgIpc) is 3.59. The van der Waals surface area contributed by atoms with Gasteiger partial charge in [0.15, 0.2) is 11.5 Å². The van der Waals surface area contributed by atoms with Crippen LogP contribution in [0.4, 0.5) is 0 Å². The molecule has 0 saturated carbocycles. The lowest BCUT2D eigenvalue weighted by atomic mass is 10.2. The van der Waals surface area contributed by atoms with Crippen LogP contribution < -0.4 is 0 Å². The highest BCUT2D eigenvalue weighted by molar-refractivity contribution is 5.73. The van der Waals surface area contributed by atoms with Crippen molar-refractivity contribution >= 4 is 11.1 Å².